The summed E-state index contributed by atoms with van der Waals surface area (Å²) in [7, 11) is 4.11. The molecule has 0 aromatic carbocycles. The van der Waals surface area contributed by atoms with Gasteiger partial charge >= 0.3 is 0 Å². The first kappa shape index (κ1) is 12.6. The first-order valence-corrected chi connectivity index (χ1v) is 6.52. The summed E-state index contributed by atoms with van der Waals surface area (Å²) in [4.78, 5) is 4.37. The summed E-state index contributed by atoms with van der Waals surface area (Å²) in [5.41, 5.74) is 0. The number of nitrogens with one attached hydrogen (secondary N) is 1. The summed E-state index contributed by atoms with van der Waals surface area (Å²) >= 11 is 0. The maximum atomic E-state index is 5.56. The third kappa shape index (κ3) is 3.30. The topological polar surface area (TPSA) is 39.1 Å². The monoisotopic (exact) mass is 237 g/mol. The Balaban J connectivity index is 1.84. The van der Waals surface area contributed by atoms with E-state index in [9.17, 15) is 0 Å². The lowest BCUT2D eigenvalue weighted by Crippen LogP contribution is -2.38. The van der Waals surface area contributed by atoms with Gasteiger partial charge in [-0.05, 0) is 32.2 Å². The van der Waals surface area contributed by atoms with E-state index in [-0.39, 0.29) is 0 Å². The van der Waals surface area contributed by atoms with Crippen LogP contribution in [0.1, 0.15) is 25.1 Å². The molecule has 2 rings (SSSR count). The Morgan fingerprint density at radius 2 is 2.53 bits per heavy atom. The molecule has 4 nitrogen and oxygen atoms in total. The van der Waals surface area contributed by atoms with Crippen molar-refractivity contribution >= 4 is 0 Å². The molecule has 96 valence electrons. The van der Waals surface area contributed by atoms with Crippen molar-refractivity contribution in [1.29, 1.82) is 0 Å². The normalized spacial score (nSPS) is 22.6. The zero-order chi connectivity index (χ0) is 12.1. The number of imidazole rings is 1. The number of ether oxygens (including phenoxy) is 1. The number of rotatable bonds is 5. The molecule has 1 aromatic heterocycles. The van der Waals surface area contributed by atoms with E-state index in [1.54, 1.807) is 0 Å². The van der Waals surface area contributed by atoms with Crippen LogP contribution in [-0.2, 0) is 18.2 Å². The second-order valence-electron chi connectivity index (χ2n) is 4.87. The van der Waals surface area contributed by atoms with Crippen LogP contribution in [0.15, 0.2) is 12.4 Å². The van der Waals surface area contributed by atoms with E-state index in [0.29, 0.717) is 12.0 Å². The average molecular weight is 237 g/mol. The molecule has 0 saturated carbocycles. The summed E-state index contributed by atoms with van der Waals surface area (Å²) < 4.78 is 7.67. The van der Waals surface area contributed by atoms with E-state index < -0.39 is 0 Å². The smallest absolute Gasteiger partial charge is 0.108 e. The molecular weight excluding hydrogens is 214 g/mol. The second kappa shape index (κ2) is 6.17. The largest absolute Gasteiger partial charge is 0.381 e. The van der Waals surface area contributed by atoms with Crippen molar-refractivity contribution in [1.82, 2.24) is 14.9 Å². The van der Waals surface area contributed by atoms with Crippen molar-refractivity contribution in [2.45, 2.75) is 31.7 Å². The Morgan fingerprint density at radius 3 is 3.12 bits per heavy atom. The summed E-state index contributed by atoms with van der Waals surface area (Å²) in [6.07, 6.45) is 8.53. The SMILES string of the molecule is CNC(CCc1nccn1C)C1CCCOC1. The van der Waals surface area contributed by atoms with Crippen LogP contribution in [0.5, 0.6) is 0 Å². The summed E-state index contributed by atoms with van der Waals surface area (Å²) in [6, 6.07) is 0.548. The van der Waals surface area contributed by atoms with Crippen molar-refractivity contribution in [3.8, 4) is 0 Å². The summed E-state index contributed by atoms with van der Waals surface area (Å²) in [6.45, 7) is 1.85. The Kier molecular flexibility index (Phi) is 4.57. The molecule has 0 bridgehead atoms. The lowest BCUT2D eigenvalue weighted by atomic mass is 9.90. The zero-order valence-electron chi connectivity index (χ0n) is 10.9. The summed E-state index contributed by atoms with van der Waals surface area (Å²) in [5, 5.41) is 3.44. The fraction of sp³-hybridized carbons (Fsp3) is 0.769. The van der Waals surface area contributed by atoms with Crippen LogP contribution in [0.2, 0.25) is 0 Å². The van der Waals surface area contributed by atoms with Gasteiger partial charge in [-0.1, -0.05) is 0 Å². The molecule has 17 heavy (non-hydrogen) atoms. The van der Waals surface area contributed by atoms with Gasteiger partial charge in [0.2, 0.25) is 0 Å². The van der Waals surface area contributed by atoms with Gasteiger partial charge in [0.25, 0.3) is 0 Å². The number of hydrogen-bond acceptors (Lipinski definition) is 3. The molecule has 1 aliphatic heterocycles. The van der Waals surface area contributed by atoms with Crippen LogP contribution in [0.25, 0.3) is 0 Å². The van der Waals surface area contributed by atoms with Crippen molar-refractivity contribution in [2.24, 2.45) is 13.0 Å². The van der Waals surface area contributed by atoms with Crippen molar-refractivity contribution in [2.75, 3.05) is 20.3 Å². The van der Waals surface area contributed by atoms with Gasteiger partial charge < -0.3 is 14.6 Å². The van der Waals surface area contributed by atoms with Gasteiger partial charge in [0.15, 0.2) is 0 Å². The number of hydrogen-bond donors (Lipinski definition) is 1. The minimum atomic E-state index is 0.548. The first-order valence-electron chi connectivity index (χ1n) is 6.52. The van der Waals surface area contributed by atoms with Gasteiger partial charge in [0, 0.05) is 38.5 Å². The Labute approximate surface area is 103 Å². The molecule has 2 unspecified atom stereocenters. The highest BCUT2D eigenvalue weighted by Gasteiger charge is 2.22. The molecule has 2 atom stereocenters. The van der Waals surface area contributed by atoms with E-state index in [0.717, 1.165) is 26.1 Å². The highest BCUT2D eigenvalue weighted by Crippen LogP contribution is 2.20. The van der Waals surface area contributed by atoms with Gasteiger partial charge in [0.1, 0.15) is 5.82 Å². The number of nitrogens with zero attached hydrogens (tertiary/aromatic N) is 2. The third-order valence-corrected chi connectivity index (χ3v) is 3.74. The second-order valence-corrected chi connectivity index (χ2v) is 4.87. The van der Waals surface area contributed by atoms with Crippen molar-refractivity contribution in [3.63, 3.8) is 0 Å². The molecule has 2 heterocycles. The highest BCUT2D eigenvalue weighted by molar-refractivity contribution is 4.92. The average Bonchev–Trinajstić information content (AvgIpc) is 2.77. The van der Waals surface area contributed by atoms with E-state index >= 15 is 0 Å². The number of aromatic nitrogens is 2. The Hall–Kier alpha value is -0.870. The standard InChI is InChI=1S/C13H23N3O/c1-14-12(11-4-3-9-17-10-11)5-6-13-15-7-8-16(13)2/h7-8,11-12,14H,3-6,9-10H2,1-2H3. The predicted molar refractivity (Wildman–Crippen MR) is 67.9 cm³/mol. The molecule has 1 aliphatic rings. The lowest BCUT2D eigenvalue weighted by molar-refractivity contribution is 0.0391. The first-order chi connectivity index (χ1) is 8.31. The molecule has 1 saturated heterocycles. The van der Waals surface area contributed by atoms with Gasteiger partial charge in [-0.15, -0.1) is 0 Å². The third-order valence-electron chi connectivity index (χ3n) is 3.74. The van der Waals surface area contributed by atoms with Crippen LogP contribution in [0.4, 0.5) is 0 Å². The molecule has 1 N–H and O–H groups in total. The fourth-order valence-electron chi connectivity index (χ4n) is 2.62. The van der Waals surface area contributed by atoms with E-state index in [1.165, 1.54) is 18.7 Å². The molecule has 0 spiro atoms. The van der Waals surface area contributed by atoms with Gasteiger partial charge in [-0.3, -0.25) is 0 Å². The van der Waals surface area contributed by atoms with Gasteiger partial charge in [-0.2, -0.15) is 0 Å². The van der Waals surface area contributed by atoms with E-state index in [1.807, 2.05) is 12.4 Å². The van der Waals surface area contributed by atoms with Crippen molar-refractivity contribution < 1.29 is 4.74 Å². The maximum Gasteiger partial charge on any atom is 0.108 e. The molecule has 0 aliphatic carbocycles. The number of aryl methyl sites for hydroxylation is 2. The van der Waals surface area contributed by atoms with Crippen molar-refractivity contribution in [3.05, 3.63) is 18.2 Å². The van der Waals surface area contributed by atoms with Crippen LogP contribution in [0, 0.1) is 5.92 Å². The minimum absolute atomic E-state index is 0.548. The Bertz CT molecular complexity index is 331. The van der Waals surface area contributed by atoms with Gasteiger partial charge in [-0.25, -0.2) is 4.98 Å². The lowest BCUT2D eigenvalue weighted by Gasteiger charge is -2.30. The van der Waals surface area contributed by atoms with E-state index in [4.69, 9.17) is 4.74 Å². The Morgan fingerprint density at radius 1 is 1.65 bits per heavy atom. The fourth-order valence-corrected chi connectivity index (χ4v) is 2.62. The zero-order valence-corrected chi connectivity index (χ0v) is 10.9. The molecular formula is C13H23N3O. The molecule has 1 fully saturated rings. The van der Waals surface area contributed by atoms with Crippen LogP contribution in [0.3, 0.4) is 0 Å². The summed E-state index contributed by atoms with van der Waals surface area (Å²) in [5.74, 6) is 1.83. The van der Waals surface area contributed by atoms with E-state index in [2.05, 4.69) is 29.0 Å². The van der Waals surface area contributed by atoms with Crippen LogP contribution < -0.4 is 5.32 Å². The molecule has 4 heteroatoms. The van der Waals surface area contributed by atoms with Crippen LogP contribution in [-0.4, -0.2) is 35.9 Å². The predicted octanol–water partition coefficient (Wildman–Crippen LogP) is 1.37. The maximum absolute atomic E-state index is 5.56. The van der Waals surface area contributed by atoms with Gasteiger partial charge in [0.05, 0.1) is 6.61 Å². The van der Waals surface area contributed by atoms with Crippen LogP contribution >= 0.6 is 0 Å². The minimum Gasteiger partial charge on any atom is -0.381 e. The molecule has 0 radical (unpaired) electrons. The molecule has 1 aromatic rings. The highest BCUT2D eigenvalue weighted by atomic mass is 16.5. The quantitative estimate of drug-likeness (QED) is 0.840. The molecule has 0 amide bonds.